The largest absolute Gasteiger partial charge is 0.488 e. The zero-order valence-corrected chi connectivity index (χ0v) is 10.9. The van der Waals surface area contributed by atoms with Crippen molar-refractivity contribution in [3.05, 3.63) is 28.2 Å². The maximum absolute atomic E-state index is 12.1. The molecular weight excluding hydrogens is 285 g/mol. The molecule has 1 heterocycles. The van der Waals surface area contributed by atoms with Crippen LogP contribution in [0.25, 0.3) is 0 Å². The van der Waals surface area contributed by atoms with E-state index in [4.69, 9.17) is 10.0 Å². The highest BCUT2D eigenvalue weighted by atomic mass is 79.9. The van der Waals surface area contributed by atoms with Crippen LogP contribution in [0.5, 0.6) is 0 Å². The summed E-state index contributed by atoms with van der Waals surface area (Å²) in [6, 6.07) is 4.81. The molecule has 1 aromatic rings. The van der Waals surface area contributed by atoms with Crippen molar-refractivity contribution in [1.82, 2.24) is 4.90 Å². The third-order valence-electron chi connectivity index (χ3n) is 2.86. The van der Waals surface area contributed by atoms with Crippen molar-refractivity contribution in [2.75, 3.05) is 13.1 Å². The number of carbonyl (C=O) groups is 1. The summed E-state index contributed by atoms with van der Waals surface area (Å²) in [4.78, 5) is 13.9. The first kappa shape index (κ1) is 12.6. The molecule has 0 spiro atoms. The standard InChI is InChI=1S/C11H13BBrNO3/c13-10-6-8(5-9(7-10)12(16)17)11(15)14-3-1-2-4-14/h5-7,16-17H,1-4H2. The molecule has 4 nitrogen and oxygen atoms in total. The van der Waals surface area contributed by atoms with Gasteiger partial charge >= 0.3 is 7.12 Å². The summed E-state index contributed by atoms with van der Waals surface area (Å²) in [6.07, 6.45) is 2.07. The molecule has 1 aliphatic heterocycles. The number of nitrogens with zero attached hydrogens (tertiary/aromatic N) is 1. The van der Waals surface area contributed by atoms with Gasteiger partial charge in [0.05, 0.1) is 0 Å². The van der Waals surface area contributed by atoms with Gasteiger partial charge < -0.3 is 14.9 Å². The first-order chi connectivity index (χ1) is 8.08. The second kappa shape index (κ2) is 5.20. The summed E-state index contributed by atoms with van der Waals surface area (Å²) in [6.45, 7) is 1.56. The number of hydrogen-bond acceptors (Lipinski definition) is 3. The number of benzene rings is 1. The fraction of sp³-hybridized carbons (Fsp3) is 0.364. The molecule has 0 aliphatic carbocycles. The van der Waals surface area contributed by atoms with Crippen LogP contribution >= 0.6 is 15.9 Å². The first-order valence-electron chi connectivity index (χ1n) is 5.54. The van der Waals surface area contributed by atoms with Crippen LogP contribution in [0, 0.1) is 0 Å². The fourth-order valence-electron chi connectivity index (χ4n) is 1.99. The van der Waals surface area contributed by atoms with Gasteiger partial charge in [-0.2, -0.15) is 0 Å². The van der Waals surface area contributed by atoms with Gasteiger partial charge in [-0.3, -0.25) is 4.79 Å². The molecule has 0 saturated carbocycles. The van der Waals surface area contributed by atoms with Gasteiger partial charge in [0.25, 0.3) is 5.91 Å². The van der Waals surface area contributed by atoms with E-state index in [9.17, 15) is 4.79 Å². The summed E-state index contributed by atoms with van der Waals surface area (Å²) >= 11 is 3.27. The molecule has 0 bridgehead atoms. The molecule has 1 amide bonds. The van der Waals surface area contributed by atoms with Gasteiger partial charge in [0.15, 0.2) is 0 Å². The molecule has 2 N–H and O–H groups in total. The Morgan fingerprint density at radius 1 is 1.24 bits per heavy atom. The molecule has 0 aromatic heterocycles. The number of hydrogen-bond donors (Lipinski definition) is 2. The minimum Gasteiger partial charge on any atom is -0.423 e. The number of amides is 1. The number of likely N-dealkylation sites (tertiary alicyclic amines) is 1. The van der Waals surface area contributed by atoms with E-state index in [1.165, 1.54) is 6.07 Å². The Kier molecular flexibility index (Phi) is 3.86. The molecule has 1 aromatic carbocycles. The van der Waals surface area contributed by atoms with Crippen molar-refractivity contribution in [1.29, 1.82) is 0 Å². The molecule has 0 radical (unpaired) electrons. The van der Waals surface area contributed by atoms with E-state index in [2.05, 4.69) is 15.9 Å². The van der Waals surface area contributed by atoms with Gasteiger partial charge in [-0.05, 0) is 36.5 Å². The summed E-state index contributed by atoms with van der Waals surface area (Å²) in [7, 11) is -1.56. The molecule has 0 unspecified atom stereocenters. The lowest BCUT2D eigenvalue weighted by molar-refractivity contribution is 0.0793. The van der Waals surface area contributed by atoms with Crippen molar-refractivity contribution in [3.63, 3.8) is 0 Å². The van der Waals surface area contributed by atoms with Gasteiger partial charge in [0.2, 0.25) is 0 Å². The lowest BCUT2D eigenvalue weighted by Gasteiger charge is -2.16. The summed E-state index contributed by atoms with van der Waals surface area (Å²) < 4.78 is 0.672. The topological polar surface area (TPSA) is 60.8 Å². The molecule has 90 valence electrons. The number of rotatable bonds is 2. The predicted octanol–water partition coefficient (Wildman–Crippen LogP) is 0.365. The molecule has 17 heavy (non-hydrogen) atoms. The van der Waals surface area contributed by atoms with Crippen LogP contribution in [0.15, 0.2) is 22.7 Å². The van der Waals surface area contributed by atoms with Gasteiger partial charge in [-0.1, -0.05) is 15.9 Å². The zero-order valence-electron chi connectivity index (χ0n) is 9.27. The summed E-state index contributed by atoms with van der Waals surface area (Å²) in [5, 5.41) is 18.3. The average Bonchev–Trinajstić information content (AvgIpc) is 2.80. The SMILES string of the molecule is O=C(c1cc(Br)cc(B(O)O)c1)N1CCCC1. The van der Waals surface area contributed by atoms with E-state index >= 15 is 0 Å². The van der Waals surface area contributed by atoms with E-state index in [-0.39, 0.29) is 5.91 Å². The lowest BCUT2D eigenvalue weighted by atomic mass is 9.79. The fourth-order valence-corrected chi connectivity index (χ4v) is 2.50. The molecular formula is C11H13BBrNO3. The lowest BCUT2D eigenvalue weighted by Crippen LogP contribution is -2.33. The Bertz CT molecular complexity index is 433. The molecule has 6 heteroatoms. The summed E-state index contributed by atoms with van der Waals surface area (Å²) in [5.41, 5.74) is 0.811. The monoisotopic (exact) mass is 297 g/mol. The Morgan fingerprint density at radius 3 is 2.47 bits per heavy atom. The average molecular weight is 298 g/mol. The van der Waals surface area contributed by atoms with Crippen LogP contribution in [-0.2, 0) is 0 Å². The van der Waals surface area contributed by atoms with Gasteiger partial charge in [0.1, 0.15) is 0 Å². The van der Waals surface area contributed by atoms with Crippen LogP contribution in [0.3, 0.4) is 0 Å². The van der Waals surface area contributed by atoms with E-state index in [0.717, 1.165) is 25.9 Å². The van der Waals surface area contributed by atoms with Crippen LogP contribution in [-0.4, -0.2) is 41.1 Å². The normalized spacial score (nSPS) is 15.1. The van der Waals surface area contributed by atoms with Crippen molar-refractivity contribution < 1.29 is 14.8 Å². The van der Waals surface area contributed by atoms with Crippen molar-refractivity contribution in [2.45, 2.75) is 12.8 Å². The first-order valence-corrected chi connectivity index (χ1v) is 6.33. The zero-order chi connectivity index (χ0) is 12.4. The van der Waals surface area contributed by atoms with Crippen molar-refractivity contribution in [3.8, 4) is 0 Å². The van der Waals surface area contributed by atoms with E-state index in [1.807, 2.05) is 0 Å². The Hall–Kier alpha value is -0.845. The highest BCUT2D eigenvalue weighted by Gasteiger charge is 2.21. The van der Waals surface area contributed by atoms with Gasteiger partial charge in [-0.15, -0.1) is 0 Å². The maximum atomic E-state index is 12.1. The number of carbonyl (C=O) groups excluding carboxylic acids is 1. The van der Waals surface area contributed by atoms with Crippen LogP contribution < -0.4 is 5.46 Å². The highest BCUT2D eigenvalue weighted by Crippen LogP contribution is 2.16. The smallest absolute Gasteiger partial charge is 0.423 e. The van der Waals surface area contributed by atoms with Gasteiger partial charge in [-0.25, -0.2) is 0 Å². The van der Waals surface area contributed by atoms with Crippen LogP contribution in [0.1, 0.15) is 23.2 Å². The predicted molar refractivity (Wildman–Crippen MR) is 69.1 cm³/mol. The van der Waals surface area contributed by atoms with Crippen LogP contribution in [0.4, 0.5) is 0 Å². The minimum atomic E-state index is -1.56. The van der Waals surface area contributed by atoms with Crippen LogP contribution in [0.2, 0.25) is 0 Å². The molecule has 1 fully saturated rings. The Morgan fingerprint density at radius 2 is 1.88 bits per heavy atom. The van der Waals surface area contributed by atoms with Crippen molar-refractivity contribution in [2.24, 2.45) is 0 Å². The molecule has 1 saturated heterocycles. The van der Waals surface area contributed by atoms with E-state index in [1.54, 1.807) is 17.0 Å². The maximum Gasteiger partial charge on any atom is 0.488 e. The quantitative estimate of drug-likeness (QED) is 0.775. The summed E-state index contributed by atoms with van der Waals surface area (Å²) in [5.74, 6) is -0.0503. The minimum absolute atomic E-state index is 0.0503. The number of halogens is 1. The molecule has 1 aliphatic rings. The van der Waals surface area contributed by atoms with E-state index in [0.29, 0.717) is 15.5 Å². The third-order valence-corrected chi connectivity index (χ3v) is 3.32. The third kappa shape index (κ3) is 2.88. The highest BCUT2D eigenvalue weighted by molar-refractivity contribution is 9.10. The second-order valence-electron chi connectivity index (χ2n) is 4.15. The molecule has 0 atom stereocenters. The van der Waals surface area contributed by atoms with Crippen molar-refractivity contribution >= 4 is 34.4 Å². The van der Waals surface area contributed by atoms with Gasteiger partial charge in [0, 0.05) is 23.1 Å². The Labute approximate surface area is 109 Å². The Balaban J connectivity index is 2.28. The molecule has 2 rings (SSSR count). The van der Waals surface area contributed by atoms with E-state index < -0.39 is 7.12 Å². The second-order valence-corrected chi connectivity index (χ2v) is 5.06.